The molecule has 55 heavy (non-hydrogen) atoms. The van der Waals surface area contributed by atoms with Crippen molar-refractivity contribution in [2.24, 2.45) is 17.3 Å². The molecule has 0 radical (unpaired) electrons. The van der Waals surface area contributed by atoms with Gasteiger partial charge in [-0.3, -0.25) is 0 Å². The molecule has 2 aromatic heterocycles. The average Bonchev–Trinajstić information content (AvgIpc) is 3.97. The van der Waals surface area contributed by atoms with Gasteiger partial charge in [-0.25, -0.2) is 10.9 Å². The number of benzene rings is 6. The van der Waals surface area contributed by atoms with Crippen LogP contribution in [0, 0.1) is 17.3 Å². The van der Waals surface area contributed by atoms with E-state index in [1.807, 2.05) is 0 Å². The average molecular weight is 727 g/mol. The highest BCUT2D eigenvalue weighted by atomic mass is 28.3. The van der Waals surface area contributed by atoms with Crippen molar-refractivity contribution in [1.82, 2.24) is 20.0 Å². The fourth-order valence-electron chi connectivity index (χ4n) is 9.95. The van der Waals surface area contributed by atoms with Crippen LogP contribution in [-0.2, 0) is 0 Å². The lowest BCUT2D eigenvalue weighted by atomic mass is 9.62. The van der Waals surface area contributed by atoms with Crippen LogP contribution < -0.4 is 21.2 Å². The third-order valence-corrected chi connectivity index (χ3v) is 15.8. The number of fused-ring (bicyclic) bond motifs is 6. The highest BCUT2D eigenvalue weighted by Crippen LogP contribution is 2.54. The monoisotopic (exact) mass is 726 g/mol. The summed E-state index contributed by atoms with van der Waals surface area (Å²) in [5.74, 6) is 0.559. The minimum absolute atomic E-state index is 0.199. The Kier molecular flexibility index (Phi) is 7.40. The van der Waals surface area contributed by atoms with Gasteiger partial charge in [0.25, 0.3) is 0 Å². The molecule has 1 saturated heterocycles. The van der Waals surface area contributed by atoms with Crippen molar-refractivity contribution in [2.45, 2.75) is 20.0 Å². The van der Waals surface area contributed by atoms with E-state index in [0.29, 0.717) is 5.92 Å². The number of aromatic nitrogens is 2. The van der Waals surface area contributed by atoms with Crippen LogP contribution >= 0.6 is 0 Å². The van der Waals surface area contributed by atoms with Crippen LogP contribution in [0.15, 0.2) is 187 Å². The lowest BCUT2D eigenvalue weighted by Crippen LogP contribution is -2.46. The Labute approximate surface area is 323 Å². The molecular weight excluding hydrogens is 685 g/mol. The molecule has 11 rings (SSSR count). The first-order valence-electron chi connectivity index (χ1n) is 19.6. The molecule has 2 aliphatic carbocycles. The molecule has 0 amide bonds. The molecular formula is C50H42N4Si. The van der Waals surface area contributed by atoms with Crippen LogP contribution in [0.25, 0.3) is 55.0 Å². The zero-order valence-corrected chi connectivity index (χ0v) is 32.2. The molecule has 1 aliphatic heterocycles. The van der Waals surface area contributed by atoms with E-state index in [0.717, 1.165) is 0 Å². The predicted octanol–water partition coefficient (Wildman–Crippen LogP) is 9.74. The zero-order valence-electron chi connectivity index (χ0n) is 31.0. The van der Waals surface area contributed by atoms with Crippen molar-refractivity contribution in [1.29, 1.82) is 0 Å². The zero-order chi connectivity index (χ0) is 36.7. The standard InChI is InChI=1S/C50H42N4Si/c1-33-15-13-26-48(50(33)28-27-39(29-34(50)2)55(37-18-5-3-6-19-37)38-20-7-4-8-21-38)54-45-25-12-10-23-41(45)43-31-42-40-22-9-11-24-44(40)53(46(42)32-47(43)54)36-17-14-16-35(30-36)49-51-52-49/h3-34,49,51-52,55H,1-2H3. The van der Waals surface area contributed by atoms with E-state index in [9.17, 15) is 0 Å². The maximum atomic E-state index is 3.26. The quantitative estimate of drug-likeness (QED) is 0.133. The van der Waals surface area contributed by atoms with E-state index >= 15 is 0 Å². The van der Waals surface area contributed by atoms with Gasteiger partial charge in [0.2, 0.25) is 0 Å². The van der Waals surface area contributed by atoms with Crippen molar-refractivity contribution < 1.29 is 0 Å². The molecule has 4 nitrogen and oxygen atoms in total. The summed E-state index contributed by atoms with van der Waals surface area (Å²) in [5.41, 5.74) is 14.9. The Bertz CT molecular complexity index is 2890. The van der Waals surface area contributed by atoms with E-state index < -0.39 is 8.80 Å². The van der Waals surface area contributed by atoms with E-state index in [-0.39, 0.29) is 17.5 Å². The third kappa shape index (κ3) is 4.97. The number of allylic oxidation sites excluding steroid dienone is 8. The van der Waals surface area contributed by atoms with Gasteiger partial charge in [-0.2, -0.15) is 0 Å². The van der Waals surface area contributed by atoms with Gasteiger partial charge in [0.15, 0.2) is 0 Å². The Morgan fingerprint density at radius 1 is 0.564 bits per heavy atom. The van der Waals surface area contributed by atoms with Crippen LogP contribution in [0.3, 0.4) is 0 Å². The molecule has 0 bridgehead atoms. The van der Waals surface area contributed by atoms with Crippen molar-refractivity contribution in [3.05, 3.63) is 193 Å². The Morgan fingerprint density at radius 2 is 1.18 bits per heavy atom. The molecule has 5 heteroatoms. The van der Waals surface area contributed by atoms with Gasteiger partial charge in [-0.15, -0.1) is 0 Å². The van der Waals surface area contributed by atoms with E-state index in [4.69, 9.17) is 0 Å². The Hall–Kier alpha value is -5.98. The number of para-hydroxylation sites is 2. The molecule has 0 saturated carbocycles. The lowest BCUT2D eigenvalue weighted by molar-refractivity contribution is 0.298. The molecule has 6 aromatic carbocycles. The molecule has 1 spiro atoms. The fraction of sp³-hybridized carbons (Fsp3) is 0.120. The summed E-state index contributed by atoms with van der Waals surface area (Å²) >= 11 is 0. The predicted molar refractivity (Wildman–Crippen MR) is 233 cm³/mol. The summed E-state index contributed by atoms with van der Waals surface area (Å²) in [7, 11) is -1.69. The third-order valence-electron chi connectivity index (χ3n) is 12.7. The van der Waals surface area contributed by atoms with Gasteiger partial charge in [0, 0.05) is 38.3 Å². The topological polar surface area (TPSA) is 53.7 Å². The second-order valence-electron chi connectivity index (χ2n) is 15.6. The van der Waals surface area contributed by atoms with Gasteiger partial charge in [-0.1, -0.05) is 169 Å². The van der Waals surface area contributed by atoms with Gasteiger partial charge in [0.05, 0.1) is 22.1 Å². The van der Waals surface area contributed by atoms with Gasteiger partial charge >= 0.3 is 0 Å². The molecule has 3 atom stereocenters. The summed E-state index contributed by atoms with van der Waals surface area (Å²) in [6.07, 6.45) is 15.0. The largest absolute Gasteiger partial charge is 0.312 e. The van der Waals surface area contributed by atoms with Crippen LogP contribution in [-0.4, -0.2) is 17.9 Å². The Balaban J connectivity index is 1.13. The first-order valence-corrected chi connectivity index (χ1v) is 21.3. The molecule has 8 aromatic rings. The number of rotatable bonds is 6. The van der Waals surface area contributed by atoms with E-state index in [1.165, 1.54) is 76.1 Å². The molecule has 266 valence electrons. The summed E-state index contributed by atoms with van der Waals surface area (Å²) < 4.78 is 5.06. The lowest BCUT2D eigenvalue weighted by Gasteiger charge is -2.46. The van der Waals surface area contributed by atoms with E-state index in [1.54, 1.807) is 0 Å². The summed E-state index contributed by atoms with van der Waals surface area (Å²) in [6.45, 7) is 4.86. The fourth-order valence-corrected chi connectivity index (χ4v) is 13.1. The highest BCUT2D eigenvalue weighted by molar-refractivity contribution is 6.91. The van der Waals surface area contributed by atoms with Crippen LogP contribution in [0.5, 0.6) is 0 Å². The van der Waals surface area contributed by atoms with Gasteiger partial charge in [-0.05, 0) is 59.9 Å². The highest BCUT2D eigenvalue weighted by Gasteiger charge is 2.45. The normalized spacial score (nSPS) is 21.0. The smallest absolute Gasteiger partial charge is 0.132 e. The van der Waals surface area contributed by atoms with Crippen LogP contribution in [0.2, 0.25) is 0 Å². The van der Waals surface area contributed by atoms with Crippen LogP contribution in [0.1, 0.15) is 25.6 Å². The molecule has 1 fully saturated rings. The second-order valence-corrected chi connectivity index (χ2v) is 18.5. The van der Waals surface area contributed by atoms with Gasteiger partial charge < -0.3 is 9.13 Å². The first-order chi connectivity index (χ1) is 27.1. The van der Waals surface area contributed by atoms with Crippen LogP contribution in [0.4, 0.5) is 0 Å². The summed E-state index contributed by atoms with van der Waals surface area (Å²) in [4.78, 5) is 0. The maximum Gasteiger partial charge on any atom is 0.132 e. The SMILES string of the molecule is CC1C=CC=C(n2c3ccccc3c3cc4c5ccccc5n(-c5cccc(C6NN6)c5)c4cc32)C12C=CC([SiH](c1ccccc1)c1ccccc1)=CC2C. The first kappa shape index (κ1) is 32.4. The maximum absolute atomic E-state index is 3.26. The minimum Gasteiger partial charge on any atom is -0.312 e. The number of nitrogens with one attached hydrogen (secondary N) is 2. The molecule has 3 heterocycles. The number of nitrogens with zero attached hydrogens (tertiary/aromatic N) is 2. The molecule has 3 aliphatic rings. The van der Waals surface area contributed by atoms with E-state index in [2.05, 4.69) is 216 Å². The number of hydrazine groups is 1. The molecule has 3 unspecified atom stereocenters. The Morgan fingerprint density at radius 3 is 1.84 bits per heavy atom. The summed E-state index contributed by atoms with van der Waals surface area (Å²) in [5, 5.41) is 9.51. The van der Waals surface area contributed by atoms with Crippen molar-refractivity contribution in [3.63, 3.8) is 0 Å². The minimum atomic E-state index is -1.69. The van der Waals surface area contributed by atoms with Gasteiger partial charge in [0.1, 0.15) is 15.0 Å². The van der Waals surface area contributed by atoms with Crippen molar-refractivity contribution >= 4 is 68.5 Å². The van der Waals surface area contributed by atoms with Crippen molar-refractivity contribution in [3.8, 4) is 5.69 Å². The summed E-state index contributed by atoms with van der Waals surface area (Å²) in [6, 6.07) is 54.1. The number of hydrogen-bond donors (Lipinski definition) is 2. The van der Waals surface area contributed by atoms with Crippen molar-refractivity contribution in [2.75, 3.05) is 0 Å². The molecule has 2 N–H and O–H groups in total. The second kappa shape index (κ2) is 12.5. The number of hydrogen-bond acceptors (Lipinski definition) is 2.